The van der Waals surface area contributed by atoms with Gasteiger partial charge in [-0.2, -0.15) is 0 Å². The highest BCUT2D eigenvalue weighted by Gasteiger charge is 2.19. The molecule has 1 atom stereocenters. The molecule has 1 aromatic carbocycles. The van der Waals surface area contributed by atoms with Crippen LogP contribution in [0.1, 0.15) is 18.0 Å². The first-order valence-electron chi connectivity index (χ1n) is 4.58. The fraction of sp³-hybridized carbons (Fsp3) is 0.300. The molecule has 0 aromatic heterocycles. The van der Waals surface area contributed by atoms with Crippen LogP contribution in [-0.4, -0.2) is 25.7 Å². The first-order valence-corrected chi connectivity index (χ1v) is 6.48. The van der Waals surface area contributed by atoms with E-state index in [0.29, 0.717) is 5.56 Å². The van der Waals surface area contributed by atoms with E-state index in [4.69, 9.17) is 10.8 Å². The summed E-state index contributed by atoms with van der Waals surface area (Å²) in [5.74, 6) is -1.06. The second-order valence-electron chi connectivity index (χ2n) is 3.51. The lowest BCUT2D eigenvalue weighted by atomic mass is 10.1. The van der Waals surface area contributed by atoms with Crippen molar-refractivity contribution in [1.29, 1.82) is 0 Å². The second kappa shape index (κ2) is 4.63. The number of sulfone groups is 1. The van der Waals surface area contributed by atoms with E-state index >= 15 is 0 Å². The molecule has 0 radical (unpaired) electrons. The van der Waals surface area contributed by atoms with Crippen LogP contribution in [-0.2, 0) is 14.6 Å². The summed E-state index contributed by atoms with van der Waals surface area (Å²) in [4.78, 5) is 10.6. The first-order chi connectivity index (χ1) is 7.32. The van der Waals surface area contributed by atoms with Gasteiger partial charge < -0.3 is 10.8 Å². The lowest BCUT2D eigenvalue weighted by Crippen LogP contribution is -2.17. The van der Waals surface area contributed by atoms with E-state index in [1.165, 1.54) is 12.1 Å². The van der Waals surface area contributed by atoms with Gasteiger partial charge in [0.05, 0.1) is 11.3 Å². The average molecular weight is 243 g/mol. The number of nitrogens with two attached hydrogens (primary N) is 1. The Kier molecular flexibility index (Phi) is 3.66. The SMILES string of the molecule is CS(=O)(=O)c1ccccc1C(N)CC(=O)O. The minimum absolute atomic E-state index is 0.0868. The van der Waals surface area contributed by atoms with E-state index in [-0.39, 0.29) is 11.3 Å². The maximum absolute atomic E-state index is 11.4. The minimum Gasteiger partial charge on any atom is -0.481 e. The quantitative estimate of drug-likeness (QED) is 0.805. The molecule has 3 N–H and O–H groups in total. The van der Waals surface area contributed by atoms with E-state index in [1.807, 2.05) is 0 Å². The summed E-state index contributed by atoms with van der Waals surface area (Å²) < 4.78 is 22.9. The molecule has 1 rings (SSSR count). The van der Waals surface area contributed by atoms with Crippen molar-refractivity contribution in [2.45, 2.75) is 17.4 Å². The van der Waals surface area contributed by atoms with Crippen molar-refractivity contribution in [3.63, 3.8) is 0 Å². The molecule has 0 saturated carbocycles. The molecule has 0 amide bonds. The summed E-state index contributed by atoms with van der Waals surface area (Å²) in [5.41, 5.74) is 5.99. The number of aliphatic carboxylic acids is 1. The van der Waals surface area contributed by atoms with E-state index < -0.39 is 21.8 Å². The highest BCUT2D eigenvalue weighted by Crippen LogP contribution is 2.22. The molecule has 88 valence electrons. The summed E-state index contributed by atoms with van der Waals surface area (Å²) >= 11 is 0. The normalized spacial score (nSPS) is 13.4. The molecule has 0 aliphatic rings. The minimum atomic E-state index is -3.39. The Morgan fingerprint density at radius 3 is 2.50 bits per heavy atom. The maximum Gasteiger partial charge on any atom is 0.305 e. The number of rotatable bonds is 4. The van der Waals surface area contributed by atoms with Gasteiger partial charge in [0.1, 0.15) is 0 Å². The molecule has 5 nitrogen and oxygen atoms in total. The van der Waals surface area contributed by atoms with Crippen LogP contribution in [0.3, 0.4) is 0 Å². The van der Waals surface area contributed by atoms with Crippen molar-refractivity contribution >= 4 is 15.8 Å². The Balaban J connectivity index is 3.19. The van der Waals surface area contributed by atoms with E-state index in [0.717, 1.165) is 6.26 Å². The van der Waals surface area contributed by atoms with Crippen LogP contribution in [0.15, 0.2) is 29.2 Å². The zero-order chi connectivity index (χ0) is 12.3. The summed E-state index contributed by atoms with van der Waals surface area (Å²) in [6.45, 7) is 0. The third-order valence-electron chi connectivity index (χ3n) is 2.11. The van der Waals surface area contributed by atoms with Crippen LogP contribution in [0.4, 0.5) is 0 Å². The van der Waals surface area contributed by atoms with Gasteiger partial charge in [-0.25, -0.2) is 8.42 Å². The maximum atomic E-state index is 11.4. The number of carbonyl (C=O) groups is 1. The van der Waals surface area contributed by atoms with Gasteiger partial charge >= 0.3 is 5.97 Å². The van der Waals surface area contributed by atoms with Crippen LogP contribution in [0, 0.1) is 0 Å². The molecule has 6 heteroatoms. The molecule has 1 unspecified atom stereocenters. The Morgan fingerprint density at radius 1 is 1.44 bits per heavy atom. The number of carboxylic acid groups (broad SMARTS) is 1. The summed E-state index contributed by atoms with van der Waals surface area (Å²) in [7, 11) is -3.39. The average Bonchev–Trinajstić information content (AvgIpc) is 2.15. The smallest absolute Gasteiger partial charge is 0.305 e. The molecule has 0 aliphatic heterocycles. The van der Waals surface area contributed by atoms with E-state index in [2.05, 4.69) is 0 Å². The Hall–Kier alpha value is -1.40. The van der Waals surface area contributed by atoms with E-state index in [9.17, 15) is 13.2 Å². The zero-order valence-corrected chi connectivity index (χ0v) is 9.57. The largest absolute Gasteiger partial charge is 0.481 e. The van der Waals surface area contributed by atoms with E-state index in [1.54, 1.807) is 12.1 Å². The highest BCUT2D eigenvalue weighted by atomic mass is 32.2. The Bertz CT molecular complexity index is 495. The fourth-order valence-corrected chi connectivity index (χ4v) is 2.40. The predicted molar refractivity (Wildman–Crippen MR) is 58.7 cm³/mol. The molecule has 0 fully saturated rings. The molecular weight excluding hydrogens is 230 g/mol. The number of hydrogen-bond donors (Lipinski definition) is 2. The van der Waals surface area contributed by atoms with Crippen molar-refractivity contribution in [3.8, 4) is 0 Å². The topological polar surface area (TPSA) is 97.5 Å². The molecule has 0 saturated heterocycles. The zero-order valence-electron chi connectivity index (χ0n) is 8.75. The Labute approximate surface area is 93.8 Å². The van der Waals surface area contributed by atoms with Gasteiger partial charge in [0, 0.05) is 12.3 Å². The van der Waals surface area contributed by atoms with Crippen molar-refractivity contribution in [2.75, 3.05) is 6.26 Å². The summed E-state index contributed by atoms with van der Waals surface area (Å²) in [6, 6.07) is 5.35. The monoisotopic (exact) mass is 243 g/mol. The summed E-state index contributed by atoms with van der Waals surface area (Å²) in [5, 5.41) is 8.61. The van der Waals surface area contributed by atoms with Crippen LogP contribution in [0.25, 0.3) is 0 Å². The van der Waals surface area contributed by atoms with Crippen molar-refractivity contribution < 1.29 is 18.3 Å². The molecule has 0 heterocycles. The van der Waals surface area contributed by atoms with Crippen molar-refractivity contribution in [1.82, 2.24) is 0 Å². The standard InChI is InChI=1S/C10H13NO4S/c1-16(14,15)9-5-3-2-4-7(9)8(11)6-10(12)13/h2-5,8H,6,11H2,1H3,(H,12,13). The van der Waals surface area contributed by atoms with Gasteiger partial charge in [-0.1, -0.05) is 18.2 Å². The van der Waals surface area contributed by atoms with Gasteiger partial charge in [-0.15, -0.1) is 0 Å². The molecule has 0 spiro atoms. The van der Waals surface area contributed by atoms with Gasteiger partial charge in [0.15, 0.2) is 9.84 Å². The van der Waals surface area contributed by atoms with Crippen LogP contribution < -0.4 is 5.73 Å². The predicted octanol–water partition coefficient (Wildman–Crippen LogP) is 0.565. The summed E-state index contributed by atoms with van der Waals surface area (Å²) in [6.07, 6.45) is 0.770. The van der Waals surface area contributed by atoms with Gasteiger partial charge in [-0.3, -0.25) is 4.79 Å². The van der Waals surface area contributed by atoms with Crippen LogP contribution in [0.2, 0.25) is 0 Å². The second-order valence-corrected chi connectivity index (χ2v) is 5.50. The van der Waals surface area contributed by atoms with Crippen LogP contribution >= 0.6 is 0 Å². The van der Waals surface area contributed by atoms with Crippen molar-refractivity contribution in [3.05, 3.63) is 29.8 Å². The molecular formula is C10H13NO4S. The third kappa shape index (κ3) is 3.04. The highest BCUT2D eigenvalue weighted by molar-refractivity contribution is 7.90. The number of benzene rings is 1. The first kappa shape index (κ1) is 12.7. The van der Waals surface area contributed by atoms with Gasteiger partial charge in [-0.05, 0) is 11.6 Å². The molecule has 0 bridgehead atoms. The number of carboxylic acids is 1. The van der Waals surface area contributed by atoms with Gasteiger partial charge in [0.25, 0.3) is 0 Å². The van der Waals surface area contributed by atoms with Crippen molar-refractivity contribution in [2.24, 2.45) is 5.73 Å². The number of hydrogen-bond acceptors (Lipinski definition) is 4. The van der Waals surface area contributed by atoms with Crippen LogP contribution in [0.5, 0.6) is 0 Å². The lowest BCUT2D eigenvalue weighted by molar-refractivity contribution is -0.137. The van der Waals surface area contributed by atoms with Gasteiger partial charge in [0.2, 0.25) is 0 Å². The Morgan fingerprint density at radius 2 is 2.00 bits per heavy atom. The molecule has 0 aliphatic carbocycles. The third-order valence-corrected chi connectivity index (χ3v) is 3.28. The lowest BCUT2D eigenvalue weighted by Gasteiger charge is -2.13. The fourth-order valence-electron chi connectivity index (χ4n) is 1.42. The molecule has 1 aromatic rings. The molecule has 16 heavy (non-hydrogen) atoms.